The Balaban J connectivity index is 0.00000243. The Labute approximate surface area is 161 Å². The molecule has 26 heavy (non-hydrogen) atoms. The van der Waals surface area contributed by atoms with E-state index in [0.717, 1.165) is 30.4 Å². The summed E-state index contributed by atoms with van der Waals surface area (Å²) in [6.07, 6.45) is 2.39. The minimum Gasteiger partial charge on any atom is -0.494 e. The lowest BCUT2D eigenvalue weighted by molar-refractivity contribution is 0.0933. The van der Waals surface area contributed by atoms with Gasteiger partial charge in [-0.2, -0.15) is 0 Å². The molecule has 1 unspecified atom stereocenters. The smallest absolute Gasteiger partial charge is 0.251 e. The van der Waals surface area contributed by atoms with Crippen molar-refractivity contribution in [3.8, 4) is 5.75 Å². The molecule has 1 aliphatic heterocycles. The molecule has 1 amide bonds. The Morgan fingerprint density at radius 3 is 2.46 bits per heavy atom. The van der Waals surface area contributed by atoms with E-state index in [0.29, 0.717) is 18.7 Å². The molecular formula is C20H27ClN2O3. The summed E-state index contributed by atoms with van der Waals surface area (Å²) in [7, 11) is 0. The topological polar surface area (TPSA) is 54.7 Å². The predicted molar refractivity (Wildman–Crippen MR) is 104 cm³/mol. The van der Waals surface area contributed by atoms with Gasteiger partial charge in [0, 0.05) is 12.1 Å². The first-order valence-corrected chi connectivity index (χ1v) is 8.99. The number of likely N-dealkylation sites (tertiary alicyclic amines) is 1. The molecule has 1 aliphatic rings. The molecule has 2 heterocycles. The van der Waals surface area contributed by atoms with Crippen LogP contribution in [0.25, 0.3) is 0 Å². The lowest BCUT2D eigenvalue weighted by atomic mass is 10.1. The minimum atomic E-state index is -0.0736. The molecule has 6 heteroatoms. The van der Waals surface area contributed by atoms with Gasteiger partial charge >= 0.3 is 0 Å². The van der Waals surface area contributed by atoms with E-state index in [-0.39, 0.29) is 24.4 Å². The first kappa shape index (κ1) is 20.3. The van der Waals surface area contributed by atoms with Crippen molar-refractivity contribution >= 4 is 18.3 Å². The zero-order chi connectivity index (χ0) is 17.6. The van der Waals surface area contributed by atoms with Crippen molar-refractivity contribution in [3.63, 3.8) is 0 Å². The van der Waals surface area contributed by atoms with E-state index < -0.39 is 0 Å². The van der Waals surface area contributed by atoms with E-state index in [1.54, 1.807) is 12.1 Å². The summed E-state index contributed by atoms with van der Waals surface area (Å²) in [6.45, 7) is 7.13. The van der Waals surface area contributed by atoms with Crippen LogP contribution in [0.5, 0.6) is 5.75 Å². The number of halogens is 1. The number of aryl methyl sites for hydroxylation is 1. The molecule has 1 aromatic heterocycles. The third-order valence-electron chi connectivity index (χ3n) is 4.55. The summed E-state index contributed by atoms with van der Waals surface area (Å²) >= 11 is 0. The van der Waals surface area contributed by atoms with Gasteiger partial charge in [-0.05, 0) is 76.2 Å². The lowest BCUT2D eigenvalue weighted by Gasteiger charge is -2.26. The van der Waals surface area contributed by atoms with Crippen molar-refractivity contribution in [2.24, 2.45) is 0 Å². The summed E-state index contributed by atoms with van der Waals surface area (Å²) in [4.78, 5) is 14.9. The normalized spacial score (nSPS) is 15.3. The molecule has 5 nitrogen and oxygen atoms in total. The van der Waals surface area contributed by atoms with E-state index in [1.165, 1.54) is 12.8 Å². The second-order valence-corrected chi connectivity index (χ2v) is 6.37. The van der Waals surface area contributed by atoms with Crippen molar-refractivity contribution in [2.75, 3.05) is 26.2 Å². The van der Waals surface area contributed by atoms with Crippen LogP contribution < -0.4 is 10.1 Å². The minimum absolute atomic E-state index is 0. The Kier molecular flexibility index (Phi) is 7.54. The number of hydrogen-bond acceptors (Lipinski definition) is 4. The van der Waals surface area contributed by atoms with Gasteiger partial charge in [0.1, 0.15) is 17.3 Å². The van der Waals surface area contributed by atoms with Gasteiger partial charge < -0.3 is 14.5 Å². The number of furan rings is 1. The molecule has 1 fully saturated rings. The quantitative estimate of drug-likeness (QED) is 0.791. The van der Waals surface area contributed by atoms with E-state index in [2.05, 4.69) is 10.2 Å². The number of amides is 1. The summed E-state index contributed by atoms with van der Waals surface area (Å²) in [5.41, 5.74) is 0.638. The zero-order valence-electron chi connectivity index (χ0n) is 15.4. The fraction of sp³-hybridized carbons (Fsp3) is 0.450. The van der Waals surface area contributed by atoms with Crippen molar-refractivity contribution < 1.29 is 13.9 Å². The molecule has 1 atom stereocenters. The number of carbonyl (C=O) groups excluding carboxylic acids is 1. The monoisotopic (exact) mass is 378 g/mol. The predicted octanol–water partition coefficient (Wildman–Crippen LogP) is 3.98. The van der Waals surface area contributed by atoms with Crippen LogP contribution in [-0.2, 0) is 0 Å². The van der Waals surface area contributed by atoms with Crippen LogP contribution in [0.2, 0.25) is 0 Å². The van der Waals surface area contributed by atoms with Crippen molar-refractivity contribution in [1.29, 1.82) is 0 Å². The van der Waals surface area contributed by atoms with Gasteiger partial charge in [0.15, 0.2) is 0 Å². The molecule has 0 spiro atoms. The number of benzene rings is 1. The highest BCUT2D eigenvalue weighted by molar-refractivity contribution is 5.94. The number of nitrogens with one attached hydrogen (secondary N) is 1. The molecule has 0 saturated carbocycles. The van der Waals surface area contributed by atoms with Crippen LogP contribution in [0.4, 0.5) is 0 Å². The van der Waals surface area contributed by atoms with Gasteiger partial charge in [-0.1, -0.05) is 0 Å². The highest BCUT2D eigenvalue weighted by Gasteiger charge is 2.26. The molecule has 1 N–H and O–H groups in total. The molecule has 2 aromatic rings. The van der Waals surface area contributed by atoms with Crippen LogP contribution in [0, 0.1) is 6.92 Å². The third-order valence-corrected chi connectivity index (χ3v) is 4.55. The van der Waals surface area contributed by atoms with Crippen LogP contribution in [0.15, 0.2) is 40.8 Å². The molecule has 0 radical (unpaired) electrons. The van der Waals surface area contributed by atoms with Crippen LogP contribution in [-0.4, -0.2) is 37.0 Å². The van der Waals surface area contributed by atoms with Gasteiger partial charge in [-0.3, -0.25) is 9.69 Å². The molecule has 3 rings (SSSR count). The Bertz CT molecular complexity index is 693. The first-order chi connectivity index (χ1) is 12.2. The summed E-state index contributed by atoms with van der Waals surface area (Å²) in [5, 5.41) is 3.05. The van der Waals surface area contributed by atoms with Crippen molar-refractivity contribution in [1.82, 2.24) is 10.2 Å². The molecule has 1 saturated heterocycles. The molecule has 0 aliphatic carbocycles. The number of carbonyl (C=O) groups is 1. The Morgan fingerprint density at radius 1 is 1.19 bits per heavy atom. The van der Waals surface area contributed by atoms with Gasteiger partial charge in [-0.15, -0.1) is 12.4 Å². The highest BCUT2D eigenvalue weighted by Crippen LogP contribution is 2.26. The maximum atomic E-state index is 12.5. The van der Waals surface area contributed by atoms with Crippen LogP contribution >= 0.6 is 12.4 Å². The number of ether oxygens (including phenoxy) is 1. The fourth-order valence-electron chi connectivity index (χ4n) is 3.26. The standard InChI is InChI=1S/C20H26N2O3.ClH/c1-3-24-17-9-7-16(8-10-17)20(23)21-14-18(22-12-4-5-13-22)19-11-6-15(2)25-19;/h6-11,18H,3-5,12-14H2,1-2H3,(H,21,23);1H. The lowest BCUT2D eigenvalue weighted by Crippen LogP contribution is -2.36. The van der Waals surface area contributed by atoms with Crippen molar-refractivity contribution in [3.05, 3.63) is 53.5 Å². The second kappa shape index (κ2) is 9.64. The summed E-state index contributed by atoms with van der Waals surface area (Å²) in [5.74, 6) is 2.53. The number of rotatable bonds is 7. The molecule has 1 aromatic carbocycles. The van der Waals surface area contributed by atoms with Gasteiger partial charge in [0.2, 0.25) is 0 Å². The van der Waals surface area contributed by atoms with Gasteiger partial charge in [0.05, 0.1) is 12.6 Å². The Morgan fingerprint density at radius 2 is 1.88 bits per heavy atom. The fourth-order valence-corrected chi connectivity index (χ4v) is 3.26. The van der Waals surface area contributed by atoms with Crippen LogP contribution in [0.3, 0.4) is 0 Å². The highest BCUT2D eigenvalue weighted by atomic mass is 35.5. The largest absolute Gasteiger partial charge is 0.494 e. The molecule has 142 valence electrons. The zero-order valence-corrected chi connectivity index (χ0v) is 16.2. The molecule has 0 bridgehead atoms. The third kappa shape index (κ3) is 5.02. The first-order valence-electron chi connectivity index (χ1n) is 8.99. The average Bonchev–Trinajstić information content (AvgIpc) is 3.28. The van der Waals surface area contributed by atoms with E-state index in [1.807, 2.05) is 38.1 Å². The second-order valence-electron chi connectivity index (χ2n) is 6.37. The SMILES string of the molecule is CCOc1ccc(C(=O)NCC(c2ccc(C)o2)N2CCCC2)cc1.Cl. The van der Waals surface area contributed by atoms with E-state index >= 15 is 0 Å². The van der Waals surface area contributed by atoms with Crippen molar-refractivity contribution in [2.45, 2.75) is 32.7 Å². The summed E-state index contributed by atoms with van der Waals surface area (Å²) in [6, 6.07) is 11.3. The van der Waals surface area contributed by atoms with E-state index in [9.17, 15) is 4.79 Å². The van der Waals surface area contributed by atoms with Gasteiger partial charge in [-0.25, -0.2) is 0 Å². The molecular weight excluding hydrogens is 352 g/mol. The number of hydrogen-bond donors (Lipinski definition) is 1. The maximum Gasteiger partial charge on any atom is 0.251 e. The number of nitrogens with zero attached hydrogens (tertiary/aromatic N) is 1. The Hall–Kier alpha value is -1.98. The average molecular weight is 379 g/mol. The van der Waals surface area contributed by atoms with E-state index in [4.69, 9.17) is 9.15 Å². The van der Waals surface area contributed by atoms with Gasteiger partial charge in [0.25, 0.3) is 5.91 Å². The summed E-state index contributed by atoms with van der Waals surface area (Å²) < 4.78 is 11.2. The maximum absolute atomic E-state index is 12.5. The van der Waals surface area contributed by atoms with Crippen LogP contribution in [0.1, 0.15) is 47.7 Å².